The molecule has 2 atom stereocenters. The monoisotopic (exact) mass is 481 g/mol. The van der Waals surface area contributed by atoms with Gasteiger partial charge in [-0.1, -0.05) is 53.3 Å². The molecule has 0 aromatic rings. The summed E-state index contributed by atoms with van der Waals surface area (Å²) in [6, 6.07) is -1.32. The van der Waals surface area contributed by atoms with Crippen LogP contribution in [-0.2, 0) is 19.1 Å². The van der Waals surface area contributed by atoms with Crippen LogP contribution in [0, 0.1) is 10.8 Å². The summed E-state index contributed by atoms with van der Waals surface area (Å²) in [5.74, 6) is -0.898. The maximum absolute atomic E-state index is 13.4. The molecule has 0 rings (SSSR count). The molecule has 0 aliphatic carbocycles. The minimum atomic E-state index is -0.751. The molecule has 8 heteroatoms. The van der Waals surface area contributed by atoms with Crippen LogP contribution in [0.15, 0.2) is 34.6 Å². The third-order valence-corrected chi connectivity index (χ3v) is 6.61. The second-order valence-corrected chi connectivity index (χ2v) is 10.5. The lowest BCUT2D eigenvalue weighted by atomic mass is 9.81. The normalized spacial score (nSPS) is 14.8. The fraction of sp³-hybridized carbons (Fsp3) is 0.640. The van der Waals surface area contributed by atoms with E-state index in [1.165, 1.54) is 16.7 Å². The Morgan fingerprint density at radius 2 is 1.73 bits per heavy atom. The number of amides is 2. The maximum atomic E-state index is 13.4. The van der Waals surface area contributed by atoms with Crippen molar-refractivity contribution in [3.05, 3.63) is 34.6 Å². The molecule has 0 saturated heterocycles. The molecule has 0 aliphatic heterocycles. The Morgan fingerprint density at radius 1 is 1.15 bits per heavy atom. The smallest absolute Gasteiger partial charge is 0.333 e. The van der Waals surface area contributed by atoms with Crippen LogP contribution in [0.2, 0.25) is 0 Å². The number of nitrogens with one attached hydrogen (secondary N) is 2. The highest BCUT2D eigenvalue weighted by Crippen LogP contribution is 2.38. The highest BCUT2D eigenvalue weighted by molar-refractivity contribution is 8.05. The van der Waals surface area contributed by atoms with Crippen molar-refractivity contribution >= 4 is 29.5 Å². The Labute approximate surface area is 204 Å². The Hall–Kier alpha value is -2.06. The standard InChI is InChI=1S/C25H43N3O4S/c1-12-18(33-14-3)25(8,9)19(26-10)21(29)27-20(24(5,6)7)22(30)28(11)16-15-17(4)23(31)32-13-2/h12,14-15,19-20,26H,3,13,16H2,1-2,4-11H3,(H,27,29)/b17-15+,18-12-/t19-,20-/m1/s1. The topological polar surface area (TPSA) is 87.7 Å². The number of thioether (sulfide) groups is 1. The molecule has 0 aromatic carbocycles. The first kappa shape index (κ1) is 30.9. The van der Waals surface area contributed by atoms with Crippen LogP contribution in [0.1, 0.15) is 55.4 Å². The lowest BCUT2D eigenvalue weighted by Gasteiger charge is -2.38. The molecular formula is C25H43N3O4S. The van der Waals surface area contributed by atoms with Gasteiger partial charge in [-0.15, -0.1) is 11.8 Å². The molecule has 0 unspecified atom stereocenters. The third-order valence-electron chi connectivity index (χ3n) is 5.42. The van der Waals surface area contributed by atoms with Gasteiger partial charge in [0, 0.05) is 24.6 Å². The maximum Gasteiger partial charge on any atom is 0.333 e. The van der Waals surface area contributed by atoms with Crippen LogP contribution in [0.5, 0.6) is 0 Å². The number of allylic oxidation sites excluding steroid dienone is 1. The predicted molar refractivity (Wildman–Crippen MR) is 138 cm³/mol. The molecule has 33 heavy (non-hydrogen) atoms. The molecule has 0 heterocycles. The molecular weight excluding hydrogens is 438 g/mol. The van der Waals surface area contributed by atoms with E-state index >= 15 is 0 Å². The van der Waals surface area contributed by atoms with Crippen molar-refractivity contribution in [1.29, 1.82) is 0 Å². The molecule has 188 valence electrons. The molecule has 0 radical (unpaired) electrons. The number of hydrogen-bond donors (Lipinski definition) is 2. The van der Waals surface area contributed by atoms with Gasteiger partial charge in [0.25, 0.3) is 0 Å². The van der Waals surface area contributed by atoms with E-state index in [1.54, 1.807) is 39.4 Å². The molecule has 0 saturated carbocycles. The Bertz CT molecular complexity index is 766. The molecule has 0 aromatic heterocycles. The number of carbonyl (C=O) groups is 3. The molecule has 0 aliphatic rings. The zero-order valence-corrected chi connectivity index (χ0v) is 22.8. The minimum Gasteiger partial charge on any atom is -0.463 e. The second-order valence-electron chi connectivity index (χ2n) is 9.51. The van der Waals surface area contributed by atoms with Gasteiger partial charge in [0.15, 0.2) is 0 Å². The number of rotatable bonds is 12. The summed E-state index contributed by atoms with van der Waals surface area (Å²) < 4.78 is 4.98. The van der Waals surface area contributed by atoms with E-state index in [1.807, 2.05) is 47.6 Å². The molecule has 2 amide bonds. The molecule has 7 nitrogen and oxygen atoms in total. The quantitative estimate of drug-likeness (QED) is 0.325. The zero-order chi connectivity index (χ0) is 26.0. The Kier molecular flexibility index (Phi) is 12.8. The number of ether oxygens (including phenoxy) is 1. The highest BCUT2D eigenvalue weighted by Gasteiger charge is 2.41. The van der Waals surface area contributed by atoms with E-state index in [0.29, 0.717) is 12.2 Å². The van der Waals surface area contributed by atoms with Crippen molar-refractivity contribution in [2.24, 2.45) is 10.8 Å². The van der Waals surface area contributed by atoms with Gasteiger partial charge in [-0.2, -0.15) is 0 Å². The van der Waals surface area contributed by atoms with E-state index in [9.17, 15) is 14.4 Å². The average Bonchev–Trinajstić information content (AvgIpc) is 2.72. The number of nitrogens with zero attached hydrogens (tertiary/aromatic N) is 1. The number of carbonyl (C=O) groups excluding carboxylic acids is 3. The van der Waals surface area contributed by atoms with Crippen molar-refractivity contribution in [3.63, 3.8) is 0 Å². The third kappa shape index (κ3) is 9.01. The summed E-state index contributed by atoms with van der Waals surface area (Å²) in [6.07, 6.45) is 3.63. The lowest BCUT2D eigenvalue weighted by Crippen LogP contribution is -2.60. The Balaban J connectivity index is 5.73. The van der Waals surface area contributed by atoms with Gasteiger partial charge in [0.2, 0.25) is 11.8 Å². The van der Waals surface area contributed by atoms with Crippen LogP contribution in [-0.4, -0.2) is 62.0 Å². The van der Waals surface area contributed by atoms with Gasteiger partial charge in [-0.3, -0.25) is 9.59 Å². The highest BCUT2D eigenvalue weighted by atomic mass is 32.2. The van der Waals surface area contributed by atoms with Crippen LogP contribution < -0.4 is 10.6 Å². The number of esters is 1. The van der Waals surface area contributed by atoms with Gasteiger partial charge in [-0.25, -0.2) is 4.79 Å². The van der Waals surface area contributed by atoms with Gasteiger partial charge < -0.3 is 20.3 Å². The summed E-state index contributed by atoms with van der Waals surface area (Å²) in [5.41, 5.74) is -0.616. The molecule has 0 bridgehead atoms. The van der Waals surface area contributed by atoms with Crippen LogP contribution in [0.3, 0.4) is 0 Å². The number of likely N-dealkylation sites (N-methyl/N-ethyl adjacent to an activating group) is 2. The summed E-state index contributed by atoms with van der Waals surface area (Å²) >= 11 is 1.48. The van der Waals surface area contributed by atoms with E-state index < -0.39 is 28.9 Å². The summed E-state index contributed by atoms with van der Waals surface area (Å²) in [5, 5.41) is 7.84. The van der Waals surface area contributed by atoms with Crippen LogP contribution >= 0.6 is 11.8 Å². The second kappa shape index (κ2) is 13.6. The van der Waals surface area contributed by atoms with Crippen molar-refractivity contribution in [1.82, 2.24) is 15.5 Å². The summed E-state index contributed by atoms with van der Waals surface area (Å²) in [6.45, 7) is 19.3. The minimum absolute atomic E-state index is 0.228. The van der Waals surface area contributed by atoms with E-state index in [-0.39, 0.29) is 18.4 Å². The summed E-state index contributed by atoms with van der Waals surface area (Å²) in [4.78, 5) is 41.0. The molecule has 0 fully saturated rings. The first-order valence-corrected chi connectivity index (χ1v) is 12.1. The van der Waals surface area contributed by atoms with Gasteiger partial charge in [0.1, 0.15) is 6.04 Å². The predicted octanol–water partition coefficient (Wildman–Crippen LogP) is 3.88. The SMILES string of the molecule is C=CS/C(=C\C)C(C)(C)[C@H](NC)C(=O)N[C@H](C(=O)N(C)C/C=C(\C)C(=O)OCC)C(C)(C)C. The van der Waals surface area contributed by atoms with Crippen molar-refractivity contribution < 1.29 is 19.1 Å². The lowest BCUT2D eigenvalue weighted by molar-refractivity contribution is -0.139. The largest absolute Gasteiger partial charge is 0.463 e. The van der Waals surface area contributed by atoms with Gasteiger partial charge in [0.05, 0.1) is 12.6 Å². The molecule has 0 spiro atoms. The Morgan fingerprint density at radius 3 is 2.15 bits per heavy atom. The average molecular weight is 482 g/mol. The van der Waals surface area contributed by atoms with Crippen LogP contribution in [0.25, 0.3) is 0 Å². The number of hydrogen-bond acceptors (Lipinski definition) is 6. The first-order chi connectivity index (χ1) is 15.2. The molecule has 2 N–H and O–H groups in total. The van der Waals surface area contributed by atoms with E-state index in [0.717, 1.165) is 4.91 Å². The van der Waals surface area contributed by atoms with Crippen molar-refractivity contribution in [3.8, 4) is 0 Å². The summed E-state index contributed by atoms with van der Waals surface area (Å²) in [7, 11) is 3.39. The van der Waals surface area contributed by atoms with Crippen molar-refractivity contribution in [2.45, 2.75) is 67.5 Å². The van der Waals surface area contributed by atoms with Gasteiger partial charge in [-0.05, 0) is 43.5 Å². The zero-order valence-electron chi connectivity index (χ0n) is 22.0. The fourth-order valence-corrected chi connectivity index (χ4v) is 4.17. The van der Waals surface area contributed by atoms with E-state index in [2.05, 4.69) is 17.2 Å². The first-order valence-electron chi connectivity index (χ1n) is 11.2. The van der Waals surface area contributed by atoms with Gasteiger partial charge >= 0.3 is 5.97 Å². The van der Waals surface area contributed by atoms with Crippen molar-refractivity contribution in [2.75, 3.05) is 27.2 Å². The van der Waals surface area contributed by atoms with E-state index in [4.69, 9.17) is 4.74 Å². The fourth-order valence-electron chi connectivity index (χ4n) is 3.43. The van der Waals surface area contributed by atoms with Crippen LogP contribution in [0.4, 0.5) is 0 Å².